The molecule has 1 aromatic rings. The van der Waals surface area contributed by atoms with Gasteiger partial charge < -0.3 is 9.84 Å². The van der Waals surface area contributed by atoms with Crippen LogP contribution in [0.1, 0.15) is 22.8 Å². The number of aromatic carboxylic acids is 1. The van der Waals surface area contributed by atoms with Crippen molar-refractivity contribution in [2.75, 3.05) is 6.61 Å². The molecule has 0 unspecified atom stereocenters. The molecule has 3 nitrogen and oxygen atoms in total. The van der Waals surface area contributed by atoms with Crippen molar-refractivity contribution >= 4 is 21.9 Å². The smallest absolute Gasteiger partial charge is 0.339 e. The van der Waals surface area contributed by atoms with E-state index in [4.69, 9.17) is 9.84 Å². The molecule has 0 heterocycles. The number of halogens is 1. The maximum atomic E-state index is 10.9. The minimum atomic E-state index is -0.968. The second-order valence-corrected chi connectivity index (χ2v) is 3.64. The van der Waals surface area contributed by atoms with Crippen LogP contribution >= 0.6 is 15.9 Å². The topological polar surface area (TPSA) is 46.5 Å². The van der Waals surface area contributed by atoms with Gasteiger partial charge in [0.1, 0.15) is 11.3 Å². The van der Waals surface area contributed by atoms with Crippen molar-refractivity contribution in [2.45, 2.75) is 13.8 Å². The Morgan fingerprint density at radius 3 is 2.71 bits per heavy atom. The second kappa shape index (κ2) is 4.46. The zero-order chi connectivity index (χ0) is 10.7. The molecule has 1 aromatic carbocycles. The lowest BCUT2D eigenvalue weighted by molar-refractivity contribution is 0.0692. The summed E-state index contributed by atoms with van der Waals surface area (Å²) in [6.07, 6.45) is 0. The van der Waals surface area contributed by atoms with Gasteiger partial charge in [0.2, 0.25) is 0 Å². The van der Waals surface area contributed by atoms with Gasteiger partial charge in [-0.3, -0.25) is 0 Å². The van der Waals surface area contributed by atoms with Crippen LogP contribution < -0.4 is 4.74 Å². The van der Waals surface area contributed by atoms with E-state index in [0.29, 0.717) is 12.4 Å². The Kier molecular flexibility index (Phi) is 3.52. The molecule has 0 aliphatic heterocycles. The van der Waals surface area contributed by atoms with Gasteiger partial charge in [0.05, 0.1) is 6.61 Å². The van der Waals surface area contributed by atoms with Crippen LogP contribution in [-0.2, 0) is 0 Å². The first-order valence-electron chi connectivity index (χ1n) is 4.23. The molecule has 1 N–H and O–H groups in total. The molecule has 0 aromatic heterocycles. The van der Waals surface area contributed by atoms with Crippen LogP contribution in [0.2, 0.25) is 0 Å². The summed E-state index contributed by atoms with van der Waals surface area (Å²) in [6.45, 7) is 4.10. The van der Waals surface area contributed by atoms with E-state index in [2.05, 4.69) is 15.9 Å². The number of hydrogen-bond donors (Lipinski definition) is 1. The molecule has 0 saturated carbocycles. The molecule has 0 fully saturated rings. The Morgan fingerprint density at radius 2 is 2.21 bits per heavy atom. The van der Waals surface area contributed by atoms with Gasteiger partial charge in [-0.1, -0.05) is 15.9 Å². The summed E-state index contributed by atoms with van der Waals surface area (Å²) in [4.78, 5) is 10.9. The molecular formula is C10H11BrO3. The van der Waals surface area contributed by atoms with Crippen LogP contribution in [0.4, 0.5) is 0 Å². The maximum Gasteiger partial charge on any atom is 0.339 e. The molecule has 14 heavy (non-hydrogen) atoms. The van der Waals surface area contributed by atoms with Crippen LogP contribution in [0.5, 0.6) is 5.75 Å². The normalized spacial score (nSPS) is 9.93. The standard InChI is InChI=1S/C10H11BrO3/c1-3-14-9-6(2)8(11)5-4-7(9)10(12)13/h4-5H,3H2,1-2H3,(H,12,13). The van der Waals surface area contributed by atoms with E-state index in [0.717, 1.165) is 10.0 Å². The first-order valence-corrected chi connectivity index (χ1v) is 5.02. The predicted octanol–water partition coefficient (Wildman–Crippen LogP) is 2.85. The molecular weight excluding hydrogens is 248 g/mol. The van der Waals surface area contributed by atoms with E-state index >= 15 is 0 Å². The summed E-state index contributed by atoms with van der Waals surface area (Å²) < 4.78 is 6.15. The monoisotopic (exact) mass is 258 g/mol. The Balaban J connectivity index is 3.29. The number of carboxylic acids is 1. The fourth-order valence-corrected chi connectivity index (χ4v) is 1.48. The Bertz CT molecular complexity index is 361. The highest BCUT2D eigenvalue weighted by Gasteiger charge is 2.14. The highest BCUT2D eigenvalue weighted by Crippen LogP contribution is 2.30. The Labute approximate surface area is 90.8 Å². The summed E-state index contributed by atoms with van der Waals surface area (Å²) in [5, 5.41) is 8.91. The predicted molar refractivity (Wildman–Crippen MR) is 57.0 cm³/mol. The quantitative estimate of drug-likeness (QED) is 0.907. The molecule has 4 heteroatoms. The van der Waals surface area contributed by atoms with Crippen molar-refractivity contribution in [3.05, 3.63) is 27.7 Å². The minimum absolute atomic E-state index is 0.201. The lowest BCUT2D eigenvalue weighted by Crippen LogP contribution is -2.04. The highest BCUT2D eigenvalue weighted by atomic mass is 79.9. The third-order valence-corrected chi connectivity index (χ3v) is 2.72. The second-order valence-electron chi connectivity index (χ2n) is 2.79. The van der Waals surface area contributed by atoms with Crippen molar-refractivity contribution in [1.29, 1.82) is 0 Å². The third kappa shape index (κ3) is 2.07. The SMILES string of the molecule is CCOc1c(C(=O)O)ccc(Br)c1C. The molecule has 0 amide bonds. The van der Waals surface area contributed by atoms with Crippen LogP contribution in [0.15, 0.2) is 16.6 Å². The first-order chi connectivity index (χ1) is 6.57. The summed E-state index contributed by atoms with van der Waals surface area (Å²) in [6, 6.07) is 3.24. The van der Waals surface area contributed by atoms with Crippen molar-refractivity contribution in [3.8, 4) is 5.75 Å². The Hall–Kier alpha value is -1.03. The van der Waals surface area contributed by atoms with E-state index in [1.54, 1.807) is 6.07 Å². The van der Waals surface area contributed by atoms with Gasteiger partial charge in [0.25, 0.3) is 0 Å². The molecule has 0 aliphatic rings. The highest BCUT2D eigenvalue weighted by molar-refractivity contribution is 9.10. The molecule has 0 aliphatic carbocycles. The van der Waals surface area contributed by atoms with Crippen molar-refractivity contribution in [2.24, 2.45) is 0 Å². The number of hydrogen-bond acceptors (Lipinski definition) is 2. The fourth-order valence-electron chi connectivity index (χ4n) is 1.17. The van der Waals surface area contributed by atoms with Gasteiger partial charge >= 0.3 is 5.97 Å². The number of carbonyl (C=O) groups is 1. The van der Waals surface area contributed by atoms with Crippen molar-refractivity contribution in [3.63, 3.8) is 0 Å². The van der Waals surface area contributed by atoms with E-state index in [1.807, 2.05) is 13.8 Å². The van der Waals surface area contributed by atoms with Crippen LogP contribution in [-0.4, -0.2) is 17.7 Å². The van der Waals surface area contributed by atoms with E-state index in [9.17, 15) is 4.79 Å². The lowest BCUT2D eigenvalue weighted by atomic mass is 10.1. The minimum Gasteiger partial charge on any atom is -0.493 e. The van der Waals surface area contributed by atoms with E-state index < -0.39 is 5.97 Å². The molecule has 0 radical (unpaired) electrons. The van der Waals surface area contributed by atoms with Gasteiger partial charge in [-0.15, -0.1) is 0 Å². The summed E-state index contributed by atoms with van der Waals surface area (Å²) >= 11 is 3.33. The van der Waals surface area contributed by atoms with Gasteiger partial charge in [0.15, 0.2) is 0 Å². The third-order valence-electron chi connectivity index (χ3n) is 1.86. The molecule has 0 bridgehead atoms. The zero-order valence-electron chi connectivity index (χ0n) is 8.00. The van der Waals surface area contributed by atoms with E-state index in [1.165, 1.54) is 6.07 Å². The summed E-state index contributed by atoms with van der Waals surface area (Å²) in [7, 11) is 0. The summed E-state index contributed by atoms with van der Waals surface area (Å²) in [5.41, 5.74) is 1.01. The van der Waals surface area contributed by atoms with Gasteiger partial charge in [-0.2, -0.15) is 0 Å². The first kappa shape index (κ1) is 11.0. The lowest BCUT2D eigenvalue weighted by Gasteiger charge is -2.11. The summed E-state index contributed by atoms with van der Waals surface area (Å²) in [5.74, 6) is -0.529. The average molecular weight is 259 g/mol. The van der Waals surface area contributed by atoms with Gasteiger partial charge in [-0.25, -0.2) is 4.79 Å². The van der Waals surface area contributed by atoms with Crippen LogP contribution in [0.3, 0.4) is 0 Å². The molecule has 0 spiro atoms. The maximum absolute atomic E-state index is 10.9. The van der Waals surface area contributed by atoms with Gasteiger partial charge in [0, 0.05) is 10.0 Å². The van der Waals surface area contributed by atoms with Crippen molar-refractivity contribution < 1.29 is 14.6 Å². The number of rotatable bonds is 3. The van der Waals surface area contributed by atoms with Crippen molar-refractivity contribution in [1.82, 2.24) is 0 Å². The number of benzene rings is 1. The van der Waals surface area contributed by atoms with Gasteiger partial charge in [-0.05, 0) is 26.0 Å². The largest absolute Gasteiger partial charge is 0.493 e. The number of ether oxygens (including phenoxy) is 1. The van der Waals surface area contributed by atoms with E-state index in [-0.39, 0.29) is 5.56 Å². The number of carboxylic acid groups (broad SMARTS) is 1. The molecule has 76 valence electrons. The molecule has 0 saturated heterocycles. The zero-order valence-corrected chi connectivity index (χ0v) is 9.59. The Morgan fingerprint density at radius 1 is 1.57 bits per heavy atom. The molecule has 0 atom stereocenters. The molecule has 1 rings (SSSR count). The average Bonchev–Trinajstić information content (AvgIpc) is 2.13. The van der Waals surface area contributed by atoms with Crippen LogP contribution in [0, 0.1) is 6.92 Å². The van der Waals surface area contributed by atoms with Crippen LogP contribution in [0.25, 0.3) is 0 Å². The fraction of sp³-hybridized carbons (Fsp3) is 0.300.